The number of fused-ring (bicyclic) bond motifs is 1. The summed E-state index contributed by atoms with van der Waals surface area (Å²) < 4.78 is 6.67. The first kappa shape index (κ1) is 16.4. The molecular weight excluding hydrogens is 300 g/mol. The second-order valence-electron chi connectivity index (χ2n) is 5.00. The van der Waals surface area contributed by atoms with Gasteiger partial charge in [-0.1, -0.05) is 18.2 Å². The maximum atomic E-state index is 12.5. The van der Waals surface area contributed by atoms with Crippen molar-refractivity contribution in [3.05, 3.63) is 36.0 Å². The molecule has 22 heavy (non-hydrogen) atoms. The molecule has 0 aliphatic heterocycles. The molecule has 0 saturated carbocycles. The summed E-state index contributed by atoms with van der Waals surface area (Å²) in [4.78, 5) is 24.3. The lowest BCUT2D eigenvalue weighted by atomic mass is 10.1. The van der Waals surface area contributed by atoms with E-state index in [4.69, 9.17) is 4.74 Å². The highest BCUT2D eigenvalue weighted by atomic mass is 32.2. The number of para-hydroxylation sites is 1. The zero-order valence-corrected chi connectivity index (χ0v) is 13.8. The largest absolute Gasteiger partial charge is 0.467 e. The van der Waals surface area contributed by atoms with Crippen molar-refractivity contribution in [1.82, 2.24) is 9.88 Å². The number of rotatable bonds is 6. The van der Waals surface area contributed by atoms with Crippen LogP contribution in [0.15, 0.2) is 30.5 Å². The van der Waals surface area contributed by atoms with Gasteiger partial charge in [0.15, 0.2) is 0 Å². The minimum absolute atomic E-state index is 0.256. The van der Waals surface area contributed by atoms with Gasteiger partial charge in [-0.2, -0.15) is 11.8 Å². The average Bonchev–Trinajstić information content (AvgIpc) is 2.88. The number of benzene rings is 1. The Hall–Kier alpha value is -1.95. The van der Waals surface area contributed by atoms with Crippen LogP contribution in [0.1, 0.15) is 16.8 Å². The predicted molar refractivity (Wildman–Crippen MR) is 89.2 cm³/mol. The molecule has 6 heteroatoms. The molecule has 1 aromatic heterocycles. The number of carbonyl (C=O) groups excluding carboxylic acids is 2. The van der Waals surface area contributed by atoms with Crippen molar-refractivity contribution in [2.75, 3.05) is 19.1 Å². The second-order valence-corrected chi connectivity index (χ2v) is 5.99. The van der Waals surface area contributed by atoms with Gasteiger partial charge in [0.1, 0.15) is 6.04 Å². The van der Waals surface area contributed by atoms with E-state index < -0.39 is 12.0 Å². The van der Waals surface area contributed by atoms with Crippen LogP contribution >= 0.6 is 11.8 Å². The third-order valence-corrected chi connectivity index (χ3v) is 4.19. The van der Waals surface area contributed by atoms with Gasteiger partial charge in [-0.15, -0.1) is 0 Å². The number of esters is 1. The Balaban J connectivity index is 2.23. The molecular formula is C16H20N2O3S. The van der Waals surface area contributed by atoms with Gasteiger partial charge in [0.25, 0.3) is 5.91 Å². The zero-order valence-electron chi connectivity index (χ0n) is 13.0. The smallest absolute Gasteiger partial charge is 0.328 e. The maximum absolute atomic E-state index is 12.5. The fourth-order valence-corrected chi connectivity index (χ4v) is 2.86. The van der Waals surface area contributed by atoms with Gasteiger partial charge in [0.2, 0.25) is 0 Å². The third kappa shape index (κ3) is 3.44. The number of nitrogens with zero attached hydrogens (tertiary/aromatic N) is 1. The highest BCUT2D eigenvalue weighted by Gasteiger charge is 2.23. The van der Waals surface area contributed by atoms with Crippen LogP contribution in [0.5, 0.6) is 0 Å². The van der Waals surface area contributed by atoms with E-state index in [2.05, 4.69) is 5.32 Å². The number of hydrogen-bond donors (Lipinski definition) is 1. The van der Waals surface area contributed by atoms with Crippen molar-refractivity contribution in [1.29, 1.82) is 0 Å². The van der Waals surface area contributed by atoms with Crippen LogP contribution in [0.25, 0.3) is 10.9 Å². The lowest BCUT2D eigenvalue weighted by molar-refractivity contribution is -0.142. The lowest BCUT2D eigenvalue weighted by Gasteiger charge is -2.15. The van der Waals surface area contributed by atoms with Crippen LogP contribution in [0.4, 0.5) is 0 Å². The normalized spacial score (nSPS) is 12.1. The monoisotopic (exact) mass is 320 g/mol. The van der Waals surface area contributed by atoms with Crippen molar-refractivity contribution >= 4 is 34.5 Å². The number of carbonyl (C=O) groups is 2. The van der Waals surface area contributed by atoms with Crippen LogP contribution in [0.2, 0.25) is 0 Å². The van der Waals surface area contributed by atoms with Crippen molar-refractivity contribution < 1.29 is 14.3 Å². The highest BCUT2D eigenvalue weighted by molar-refractivity contribution is 7.98. The minimum Gasteiger partial charge on any atom is -0.467 e. The van der Waals surface area contributed by atoms with E-state index in [1.807, 2.05) is 42.1 Å². The first-order valence-corrected chi connectivity index (χ1v) is 8.39. The summed E-state index contributed by atoms with van der Waals surface area (Å²) in [6.07, 6.45) is 4.29. The summed E-state index contributed by atoms with van der Waals surface area (Å²) in [7, 11) is 3.23. The summed E-state index contributed by atoms with van der Waals surface area (Å²) in [6.45, 7) is 0. The topological polar surface area (TPSA) is 60.3 Å². The predicted octanol–water partition coefficient (Wildman–Crippen LogP) is 2.20. The molecule has 2 aromatic rings. The van der Waals surface area contributed by atoms with E-state index in [-0.39, 0.29) is 5.91 Å². The molecule has 0 aliphatic carbocycles. The summed E-state index contributed by atoms with van der Waals surface area (Å²) in [5.41, 5.74) is 1.54. The average molecular weight is 320 g/mol. The number of methoxy groups -OCH3 is 1. The van der Waals surface area contributed by atoms with Gasteiger partial charge < -0.3 is 14.6 Å². The molecule has 0 spiro atoms. The number of aryl methyl sites for hydroxylation is 1. The molecule has 1 amide bonds. The van der Waals surface area contributed by atoms with Crippen molar-refractivity contribution in [3.63, 3.8) is 0 Å². The van der Waals surface area contributed by atoms with Gasteiger partial charge in [0, 0.05) is 24.1 Å². The van der Waals surface area contributed by atoms with Gasteiger partial charge >= 0.3 is 5.97 Å². The number of amides is 1. The number of hydrogen-bond acceptors (Lipinski definition) is 4. The van der Waals surface area contributed by atoms with E-state index in [1.54, 1.807) is 18.0 Å². The standard InChI is InChI=1S/C16H20N2O3S/c1-18-10-12(11-6-4-5-7-14(11)18)15(19)17-13(8-9-22-3)16(20)21-2/h4-7,10,13H,8-9H2,1-3H3,(H,17,19). The Morgan fingerprint density at radius 1 is 1.36 bits per heavy atom. The van der Waals surface area contributed by atoms with Crippen LogP contribution in [-0.4, -0.2) is 41.6 Å². The first-order chi connectivity index (χ1) is 10.6. The summed E-state index contributed by atoms with van der Waals surface area (Å²) in [6, 6.07) is 7.06. The zero-order chi connectivity index (χ0) is 16.1. The number of thioether (sulfide) groups is 1. The number of ether oxygens (including phenoxy) is 1. The minimum atomic E-state index is -0.621. The molecule has 1 aromatic carbocycles. The molecule has 0 saturated heterocycles. The van der Waals surface area contributed by atoms with Crippen LogP contribution < -0.4 is 5.32 Å². The number of nitrogens with one attached hydrogen (secondary N) is 1. The Labute approximate surface area is 134 Å². The molecule has 1 atom stereocenters. The summed E-state index contributed by atoms with van der Waals surface area (Å²) in [5, 5.41) is 3.66. The van der Waals surface area contributed by atoms with E-state index >= 15 is 0 Å². The fraction of sp³-hybridized carbons (Fsp3) is 0.375. The molecule has 118 valence electrons. The van der Waals surface area contributed by atoms with Crippen LogP contribution in [0.3, 0.4) is 0 Å². The van der Waals surface area contributed by atoms with Gasteiger partial charge in [-0.05, 0) is 24.5 Å². The highest BCUT2D eigenvalue weighted by Crippen LogP contribution is 2.20. The maximum Gasteiger partial charge on any atom is 0.328 e. The summed E-state index contributed by atoms with van der Waals surface area (Å²) in [5.74, 6) is 0.103. The van der Waals surface area contributed by atoms with Crippen molar-refractivity contribution in [3.8, 4) is 0 Å². The molecule has 0 aliphatic rings. The van der Waals surface area contributed by atoms with E-state index in [0.29, 0.717) is 12.0 Å². The molecule has 5 nitrogen and oxygen atoms in total. The fourth-order valence-electron chi connectivity index (χ4n) is 2.39. The Bertz CT molecular complexity index is 681. The SMILES string of the molecule is COC(=O)C(CCSC)NC(=O)c1cn(C)c2ccccc12. The van der Waals surface area contributed by atoms with E-state index in [0.717, 1.165) is 16.7 Å². The summed E-state index contributed by atoms with van der Waals surface area (Å²) >= 11 is 1.62. The Morgan fingerprint density at radius 3 is 2.77 bits per heavy atom. The van der Waals surface area contributed by atoms with E-state index in [1.165, 1.54) is 7.11 Å². The quantitative estimate of drug-likeness (QED) is 0.829. The van der Waals surface area contributed by atoms with Crippen LogP contribution in [0, 0.1) is 0 Å². The molecule has 1 heterocycles. The van der Waals surface area contributed by atoms with Gasteiger partial charge in [0.05, 0.1) is 12.7 Å². The lowest BCUT2D eigenvalue weighted by Crippen LogP contribution is -2.41. The molecule has 1 N–H and O–H groups in total. The molecule has 0 bridgehead atoms. The number of aromatic nitrogens is 1. The molecule has 0 fully saturated rings. The molecule has 1 unspecified atom stereocenters. The Kier molecular flexibility index (Phi) is 5.49. The molecule has 2 rings (SSSR count). The second kappa shape index (κ2) is 7.35. The molecule has 0 radical (unpaired) electrons. The van der Waals surface area contributed by atoms with Gasteiger partial charge in [-0.25, -0.2) is 4.79 Å². The third-order valence-electron chi connectivity index (χ3n) is 3.54. The van der Waals surface area contributed by atoms with E-state index in [9.17, 15) is 9.59 Å². The van der Waals surface area contributed by atoms with Crippen molar-refractivity contribution in [2.24, 2.45) is 7.05 Å². The van der Waals surface area contributed by atoms with Gasteiger partial charge in [-0.3, -0.25) is 4.79 Å². The van der Waals surface area contributed by atoms with Crippen molar-refractivity contribution in [2.45, 2.75) is 12.5 Å². The Morgan fingerprint density at radius 2 is 2.09 bits per heavy atom. The van der Waals surface area contributed by atoms with Crippen LogP contribution in [-0.2, 0) is 16.6 Å². The first-order valence-electron chi connectivity index (χ1n) is 7.00.